The van der Waals surface area contributed by atoms with Gasteiger partial charge >= 0.3 is 0 Å². The SMILES string of the molecule is Cc1cccc(N2CCN(C(=O)C3CC(=O)N(Cc4ccccn4)C3)CC2)c1C. The molecule has 2 aromatic rings. The van der Waals surface area contributed by atoms with Crippen molar-refractivity contribution >= 4 is 17.5 Å². The first-order valence-electron chi connectivity index (χ1n) is 10.3. The molecule has 3 heterocycles. The Labute approximate surface area is 172 Å². The average Bonchev–Trinajstić information content (AvgIpc) is 3.11. The van der Waals surface area contributed by atoms with Gasteiger partial charge < -0.3 is 14.7 Å². The summed E-state index contributed by atoms with van der Waals surface area (Å²) < 4.78 is 0. The monoisotopic (exact) mass is 392 g/mol. The Kier molecular flexibility index (Phi) is 5.51. The highest BCUT2D eigenvalue weighted by Crippen LogP contribution is 2.26. The Hall–Kier alpha value is -2.89. The van der Waals surface area contributed by atoms with Crippen LogP contribution >= 0.6 is 0 Å². The molecular formula is C23H28N4O2. The van der Waals surface area contributed by atoms with E-state index in [0.717, 1.165) is 18.8 Å². The van der Waals surface area contributed by atoms with Crippen molar-refractivity contribution in [2.24, 2.45) is 5.92 Å². The maximum atomic E-state index is 13.0. The lowest BCUT2D eigenvalue weighted by Gasteiger charge is -2.38. The van der Waals surface area contributed by atoms with Crippen LogP contribution in [-0.4, -0.2) is 59.3 Å². The summed E-state index contributed by atoms with van der Waals surface area (Å²) in [4.78, 5) is 35.8. The van der Waals surface area contributed by atoms with E-state index in [1.54, 1.807) is 11.1 Å². The van der Waals surface area contributed by atoms with E-state index >= 15 is 0 Å². The molecule has 1 atom stereocenters. The van der Waals surface area contributed by atoms with Crippen molar-refractivity contribution in [2.75, 3.05) is 37.6 Å². The Balaban J connectivity index is 1.34. The minimum absolute atomic E-state index is 0.0445. The molecule has 0 aliphatic carbocycles. The van der Waals surface area contributed by atoms with Gasteiger partial charge in [0.1, 0.15) is 0 Å². The molecule has 0 saturated carbocycles. The normalized spacial score (nSPS) is 19.7. The quantitative estimate of drug-likeness (QED) is 0.802. The summed E-state index contributed by atoms with van der Waals surface area (Å²) in [5.74, 6) is -0.0797. The molecule has 0 radical (unpaired) electrons. The molecule has 1 aromatic carbocycles. The van der Waals surface area contributed by atoms with Crippen LogP contribution in [0.15, 0.2) is 42.6 Å². The topological polar surface area (TPSA) is 56.8 Å². The minimum Gasteiger partial charge on any atom is -0.368 e. The summed E-state index contributed by atoms with van der Waals surface area (Å²) in [6.07, 6.45) is 2.04. The van der Waals surface area contributed by atoms with Crippen LogP contribution in [0.4, 0.5) is 5.69 Å². The predicted octanol–water partition coefficient (Wildman–Crippen LogP) is 2.40. The molecule has 2 amide bonds. The maximum Gasteiger partial charge on any atom is 0.228 e. The molecule has 2 aliphatic heterocycles. The Bertz CT molecular complexity index is 891. The molecule has 0 spiro atoms. The Morgan fingerprint density at radius 1 is 1.07 bits per heavy atom. The smallest absolute Gasteiger partial charge is 0.228 e. The number of carbonyl (C=O) groups excluding carboxylic acids is 2. The molecule has 6 nitrogen and oxygen atoms in total. The number of benzene rings is 1. The van der Waals surface area contributed by atoms with Gasteiger partial charge in [-0.25, -0.2) is 0 Å². The minimum atomic E-state index is -0.238. The van der Waals surface area contributed by atoms with E-state index in [9.17, 15) is 9.59 Å². The lowest BCUT2D eigenvalue weighted by molar-refractivity contribution is -0.136. The lowest BCUT2D eigenvalue weighted by Crippen LogP contribution is -2.50. The molecule has 29 heavy (non-hydrogen) atoms. The van der Waals surface area contributed by atoms with E-state index in [1.165, 1.54) is 16.8 Å². The van der Waals surface area contributed by atoms with Gasteiger partial charge in [-0.1, -0.05) is 18.2 Å². The van der Waals surface area contributed by atoms with Crippen LogP contribution < -0.4 is 4.90 Å². The van der Waals surface area contributed by atoms with Crippen LogP contribution in [0, 0.1) is 19.8 Å². The van der Waals surface area contributed by atoms with Gasteiger partial charge in [0.25, 0.3) is 0 Å². The van der Waals surface area contributed by atoms with Gasteiger partial charge in [-0.15, -0.1) is 0 Å². The number of nitrogens with zero attached hydrogens (tertiary/aromatic N) is 4. The zero-order valence-corrected chi connectivity index (χ0v) is 17.2. The third-order valence-electron chi connectivity index (χ3n) is 6.15. The van der Waals surface area contributed by atoms with Gasteiger partial charge in [0.2, 0.25) is 11.8 Å². The van der Waals surface area contributed by atoms with E-state index in [1.807, 2.05) is 23.1 Å². The number of piperazine rings is 1. The molecule has 0 N–H and O–H groups in total. The van der Waals surface area contributed by atoms with Crippen LogP contribution in [0.5, 0.6) is 0 Å². The number of pyridine rings is 1. The Morgan fingerprint density at radius 3 is 2.59 bits per heavy atom. The number of rotatable bonds is 4. The molecule has 2 aliphatic rings. The number of anilines is 1. The van der Waals surface area contributed by atoms with Crippen molar-refractivity contribution in [1.82, 2.24) is 14.8 Å². The third-order valence-corrected chi connectivity index (χ3v) is 6.15. The van der Waals surface area contributed by atoms with Crippen LogP contribution in [0.3, 0.4) is 0 Å². The average molecular weight is 393 g/mol. The molecule has 1 aromatic heterocycles. The fraction of sp³-hybridized carbons (Fsp3) is 0.435. The van der Waals surface area contributed by atoms with Crippen LogP contribution in [-0.2, 0) is 16.1 Å². The fourth-order valence-electron chi connectivity index (χ4n) is 4.28. The van der Waals surface area contributed by atoms with E-state index in [0.29, 0.717) is 32.6 Å². The highest BCUT2D eigenvalue weighted by atomic mass is 16.2. The summed E-state index contributed by atoms with van der Waals surface area (Å²) in [5, 5.41) is 0. The number of amides is 2. The number of aryl methyl sites for hydroxylation is 1. The predicted molar refractivity (Wildman–Crippen MR) is 112 cm³/mol. The summed E-state index contributed by atoms with van der Waals surface area (Å²) in [6, 6.07) is 12.1. The van der Waals surface area contributed by atoms with Crippen LogP contribution in [0.1, 0.15) is 23.2 Å². The van der Waals surface area contributed by atoms with Crippen molar-refractivity contribution in [1.29, 1.82) is 0 Å². The number of carbonyl (C=O) groups is 2. The molecule has 2 saturated heterocycles. The molecule has 0 bridgehead atoms. The number of likely N-dealkylation sites (tertiary alicyclic amines) is 1. The molecule has 2 fully saturated rings. The molecule has 1 unspecified atom stereocenters. The van der Waals surface area contributed by atoms with Crippen LogP contribution in [0.2, 0.25) is 0 Å². The van der Waals surface area contributed by atoms with Crippen molar-refractivity contribution in [3.8, 4) is 0 Å². The highest BCUT2D eigenvalue weighted by Gasteiger charge is 2.37. The zero-order chi connectivity index (χ0) is 20.4. The van der Waals surface area contributed by atoms with E-state index in [2.05, 4.69) is 41.9 Å². The molecule has 6 heteroatoms. The second-order valence-corrected chi connectivity index (χ2v) is 8.03. The number of hydrogen-bond donors (Lipinski definition) is 0. The standard InChI is InChI=1S/C23H28N4O2/c1-17-6-5-8-21(18(17)2)25-10-12-26(13-11-25)23(29)19-14-22(28)27(15-19)16-20-7-3-4-9-24-20/h3-9,19H,10-16H2,1-2H3. The fourth-order valence-corrected chi connectivity index (χ4v) is 4.28. The van der Waals surface area contributed by atoms with Gasteiger partial charge in [0.05, 0.1) is 18.2 Å². The second kappa shape index (κ2) is 8.23. The molecule has 4 rings (SSSR count). The summed E-state index contributed by atoms with van der Waals surface area (Å²) in [7, 11) is 0. The Morgan fingerprint density at radius 2 is 1.86 bits per heavy atom. The van der Waals surface area contributed by atoms with Crippen molar-refractivity contribution in [3.05, 3.63) is 59.4 Å². The summed E-state index contributed by atoms with van der Waals surface area (Å²) >= 11 is 0. The van der Waals surface area contributed by atoms with Gasteiger partial charge in [-0.3, -0.25) is 14.6 Å². The van der Waals surface area contributed by atoms with Gasteiger partial charge in [0.15, 0.2) is 0 Å². The second-order valence-electron chi connectivity index (χ2n) is 8.03. The van der Waals surface area contributed by atoms with E-state index in [4.69, 9.17) is 0 Å². The van der Waals surface area contributed by atoms with Gasteiger partial charge in [-0.2, -0.15) is 0 Å². The molecular weight excluding hydrogens is 364 g/mol. The lowest BCUT2D eigenvalue weighted by atomic mass is 10.1. The van der Waals surface area contributed by atoms with Gasteiger partial charge in [-0.05, 0) is 43.2 Å². The number of aromatic nitrogens is 1. The first-order valence-corrected chi connectivity index (χ1v) is 10.3. The van der Waals surface area contributed by atoms with Crippen molar-refractivity contribution < 1.29 is 9.59 Å². The first-order chi connectivity index (χ1) is 14.0. The van der Waals surface area contributed by atoms with Crippen molar-refractivity contribution in [3.63, 3.8) is 0 Å². The first kappa shape index (κ1) is 19.4. The largest absolute Gasteiger partial charge is 0.368 e. The summed E-state index contributed by atoms with van der Waals surface area (Å²) in [6.45, 7) is 8.32. The third kappa shape index (κ3) is 4.11. The number of hydrogen-bond acceptors (Lipinski definition) is 4. The van der Waals surface area contributed by atoms with Crippen molar-refractivity contribution in [2.45, 2.75) is 26.8 Å². The summed E-state index contributed by atoms with van der Waals surface area (Å²) in [5.41, 5.74) is 4.71. The highest BCUT2D eigenvalue weighted by molar-refractivity contribution is 5.89. The van der Waals surface area contributed by atoms with E-state index in [-0.39, 0.29) is 17.7 Å². The van der Waals surface area contributed by atoms with E-state index < -0.39 is 0 Å². The van der Waals surface area contributed by atoms with Crippen LogP contribution in [0.25, 0.3) is 0 Å². The molecule has 152 valence electrons. The maximum absolute atomic E-state index is 13.0. The van der Waals surface area contributed by atoms with Gasteiger partial charge in [0, 0.05) is 51.0 Å². The zero-order valence-electron chi connectivity index (χ0n) is 17.2.